The minimum Gasteiger partial charge on any atom is -0.380 e. The van der Waals surface area contributed by atoms with E-state index in [-0.39, 0.29) is 5.02 Å². The summed E-state index contributed by atoms with van der Waals surface area (Å²) in [7, 11) is 0. The quantitative estimate of drug-likeness (QED) is 0.746. The smallest absolute Gasteiger partial charge is 0.285 e. The van der Waals surface area contributed by atoms with E-state index in [1.807, 2.05) is 0 Å². The van der Waals surface area contributed by atoms with Gasteiger partial charge in [0.15, 0.2) is 0 Å². The van der Waals surface area contributed by atoms with Crippen LogP contribution in [0.4, 0.5) is 5.69 Å². The van der Waals surface area contributed by atoms with Crippen LogP contribution in [0.3, 0.4) is 0 Å². The predicted octanol–water partition coefficient (Wildman–Crippen LogP) is 1.51. The van der Waals surface area contributed by atoms with Crippen molar-refractivity contribution < 1.29 is 4.74 Å². The van der Waals surface area contributed by atoms with Crippen LogP contribution in [0.15, 0.2) is 11.0 Å². The van der Waals surface area contributed by atoms with E-state index >= 15 is 0 Å². The Morgan fingerprint density at radius 2 is 2.38 bits per heavy atom. The molecule has 1 aromatic rings. The van der Waals surface area contributed by atoms with Crippen molar-refractivity contribution in [2.24, 2.45) is 5.92 Å². The Morgan fingerprint density at radius 1 is 1.62 bits per heavy atom. The molecular formula is C10H16ClN3O2. The molecule has 1 rings (SSSR count). The highest BCUT2D eigenvalue weighted by molar-refractivity contribution is 6.32. The van der Waals surface area contributed by atoms with E-state index in [0.717, 1.165) is 6.61 Å². The molecule has 0 unspecified atom stereocenters. The van der Waals surface area contributed by atoms with E-state index in [0.29, 0.717) is 24.8 Å². The van der Waals surface area contributed by atoms with Crippen LogP contribution in [0.1, 0.15) is 13.8 Å². The van der Waals surface area contributed by atoms with Gasteiger partial charge in [0.1, 0.15) is 5.02 Å². The van der Waals surface area contributed by atoms with Crippen molar-refractivity contribution in [1.82, 2.24) is 10.2 Å². The standard InChI is InChI=1S/C10H16ClN3O2/c1-7(2)6-16-4-3-12-8-5-13-14-10(15)9(8)11/h5,7H,3-4,6H2,1-2H3,(H2,12,14,15). The fourth-order valence-corrected chi connectivity index (χ4v) is 1.24. The van der Waals surface area contributed by atoms with Crippen LogP contribution in [-0.4, -0.2) is 30.0 Å². The normalized spacial score (nSPS) is 10.8. The predicted molar refractivity (Wildman–Crippen MR) is 64.0 cm³/mol. The molecule has 0 radical (unpaired) electrons. The molecule has 0 aliphatic rings. The van der Waals surface area contributed by atoms with Gasteiger partial charge < -0.3 is 10.1 Å². The maximum atomic E-state index is 11.1. The monoisotopic (exact) mass is 245 g/mol. The molecule has 0 saturated heterocycles. The van der Waals surface area contributed by atoms with Crippen LogP contribution >= 0.6 is 11.6 Å². The first-order chi connectivity index (χ1) is 7.61. The second-order valence-electron chi connectivity index (χ2n) is 3.82. The van der Waals surface area contributed by atoms with E-state index in [1.165, 1.54) is 6.20 Å². The van der Waals surface area contributed by atoms with Gasteiger partial charge in [-0.15, -0.1) is 0 Å². The molecule has 0 aromatic carbocycles. The zero-order valence-corrected chi connectivity index (χ0v) is 10.2. The Morgan fingerprint density at radius 3 is 3.06 bits per heavy atom. The summed E-state index contributed by atoms with van der Waals surface area (Å²) >= 11 is 5.77. The number of aromatic nitrogens is 2. The Bertz CT molecular complexity index is 379. The number of anilines is 1. The van der Waals surface area contributed by atoms with Gasteiger partial charge in [-0.05, 0) is 5.92 Å². The van der Waals surface area contributed by atoms with Gasteiger partial charge in [0.2, 0.25) is 0 Å². The summed E-state index contributed by atoms with van der Waals surface area (Å²) in [5.74, 6) is 0.518. The molecule has 2 N–H and O–H groups in total. The first-order valence-electron chi connectivity index (χ1n) is 5.16. The number of nitrogens with one attached hydrogen (secondary N) is 2. The summed E-state index contributed by atoms with van der Waals surface area (Å²) in [5.41, 5.74) is 0.133. The van der Waals surface area contributed by atoms with Crippen LogP contribution < -0.4 is 10.9 Å². The van der Waals surface area contributed by atoms with Crippen LogP contribution in [0.2, 0.25) is 5.02 Å². The molecule has 0 spiro atoms. The number of H-pyrrole nitrogens is 1. The van der Waals surface area contributed by atoms with Gasteiger partial charge in [-0.3, -0.25) is 4.79 Å². The van der Waals surface area contributed by atoms with Crippen molar-refractivity contribution in [2.45, 2.75) is 13.8 Å². The molecular weight excluding hydrogens is 230 g/mol. The van der Waals surface area contributed by atoms with Gasteiger partial charge >= 0.3 is 0 Å². The van der Waals surface area contributed by atoms with Crippen LogP contribution in [-0.2, 0) is 4.74 Å². The molecule has 5 nitrogen and oxygen atoms in total. The van der Waals surface area contributed by atoms with Crippen LogP contribution in [0, 0.1) is 5.92 Å². The molecule has 16 heavy (non-hydrogen) atoms. The molecule has 1 aromatic heterocycles. The number of rotatable bonds is 6. The van der Waals surface area contributed by atoms with Gasteiger partial charge in [0.05, 0.1) is 18.5 Å². The summed E-state index contributed by atoms with van der Waals surface area (Å²) in [6.45, 7) is 6.07. The van der Waals surface area contributed by atoms with E-state index in [2.05, 4.69) is 29.4 Å². The van der Waals surface area contributed by atoms with Crippen molar-refractivity contribution in [3.63, 3.8) is 0 Å². The summed E-state index contributed by atoms with van der Waals surface area (Å²) < 4.78 is 5.37. The van der Waals surface area contributed by atoms with Crippen molar-refractivity contribution >= 4 is 17.3 Å². The fourth-order valence-electron chi connectivity index (χ4n) is 1.08. The van der Waals surface area contributed by atoms with Crippen molar-refractivity contribution in [1.29, 1.82) is 0 Å². The summed E-state index contributed by atoms with van der Waals surface area (Å²) in [4.78, 5) is 11.1. The highest BCUT2D eigenvalue weighted by atomic mass is 35.5. The zero-order chi connectivity index (χ0) is 12.0. The maximum Gasteiger partial charge on any atom is 0.285 e. The Balaban J connectivity index is 2.32. The van der Waals surface area contributed by atoms with E-state index in [9.17, 15) is 4.79 Å². The molecule has 6 heteroatoms. The Hall–Kier alpha value is -1.07. The number of aromatic amines is 1. The van der Waals surface area contributed by atoms with Crippen molar-refractivity contribution in [3.05, 3.63) is 21.6 Å². The molecule has 0 fully saturated rings. The first kappa shape index (κ1) is 13.0. The zero-order valence-electron chi connectivity index (χ0n) is 9.42. The lowest BCUT2D eigenvalue weighted by Gasteiger charge is -2.09. The molecule has 0 amide bonds. The largest absolute Gasteiger partial charge is 0.380 e. The third-order valence-electron chi connectivity index (χ3n) is 1.81. The van der Waals surface area contributed by atoms with Gasteiger partial charge in [0.25, 0.3) is 5.56 Å². The van der Waals surface area contributed by atoms with E-state index < -0.39 is 5.56 Å². The minimum atomic E-state index is -0.394. The molecule has 0 atom stereocenters. The number of nitrogens with zero attached hydrogens (tertiary/aromatic N) is 1. The average Bonchev–Trinajstić information content (AvgIpc) is 2.23. The van der Waals surface area contributed by atoms with Crippen molar-refractivity contribution in [2.75, 3.05) is 25.1 Å². The number of ether oxygens (including phenoxy) is 1. The lowest BCUT2D eigenvalue weighted by atomic mass is 10.2. The second-order valence-corrected chi connectivity index (χ2v) is 4.20. The number of hydrogen-bond acceptors (Lipinski definition) is 4. The van der Waals surface area contributed by atoms with Gasteiger partial charge in [-0.25, -0.2) is 5.10 Å². The summed E-state index contributed by atoms with van der Waals surface area (Å²) in [5, 5.41) is 9.01. The third-order valence-corrected chi connectivity index (χ3v) is 2.18. The Labute approximate surface area is 99.2 Å². The second kappa shape index (κ2) is 6.50. The van der Waals surface area contributed by atoms with Gasteiger partial charge in [-0.1, -0.05) is 25.4 Å². The highest BCUT2D eigenvalue weighted by Gasteiger charge is 2.03. The molecule has 0 bridgehead atoms. The number of halogens is 1. The molecule has 0 aliphatic heterocycles. The van der Waals surface area contributed by atoms with Crippen molar-refractivity contribution in [3.8, 4) is 0 Å². The van der Waals surface area contributed by atoms with E-state index in [1.54, 1.807) is 0 Å². The molecule has 0 aliphatic carbocycles. The van der Waals surface area contributed by atoms with E-state index in [4.69, 9.17) is 16.3 Å². The number of hydrogen-bond donors (Lipinski definition) is 2. The third kappa shape index (κ3) is 4.20. The minimum absolute atomic E-state index is 0.124. The van der Waals surface area contributed by atoms with Crippen LogP contribution in [0.25, 0.3) is 0 Å². The lowest BCUT2D eigenvalue weighted by molar-refractivity contribution is 0.118. The summed E-state index contributed by atoms with van der Waals surface area (Å²) in [6, 6.07) is 0. The molecule has 90 valence electrons. The topological polar surface area (TPSA) is 67.0 Å². The SMILES string of the molecule is CC(C)COCCNc1cn[nH]c(=O)c1Cl. The van der Waals surface area contributed by atoms with Gasteiger partial charge in [0, 0.05) is 13.2 Å². The average molecular weight is 246 g/mol. The Kier molecular flexibility index (Phi) is 5.28. The highest BCUT2D eigenvalue weighted by Crippen LogP contribution is 2.13. The maximum absolute atomic E-state index is 11.1. The lowest BCUT2D eigenvalue weighted by Crippen LogP contribution is -2.16. The first-order valence-corrected chi connectivity index (χ1v) is 5.54. The molecule has 1 heterocycles. The molecule has 0 saturated carbocycles. The summed E-state index contributed by atoms with van der Waals surface area (Å²) in [6.07, 6.45) is 1.48. The fraction of sp³-hybridized carbons (Fsp3) is 0.600. The van der Waals surface area contributed by atoms with Crippen LogP contribution in [0.5, 0.6) is 0 Å². The van der Waals surface area contributed by atoms with Gasteiger partial charge in [-0.2, -0.15) is 5.10 Å².